The first-order valence-corrected chi connectivity index (χ1v) is 6.45. The zero-order valence-electron chi connectivity index (χ0n) is 9.84. The van der Waals surface area contributed by atoms with Gasteiger partial charge >= 0.3 is 0 Å². The summed E-state index contributed by atoms with van der Waals surface area (Å²) in [7, 11) is 1.65. The van der Waals surface area contributed by atoms with Crippen LogP contribution in [-0.4, -0.2) is 23.7 Å². The molecule has 0 bridgehead atoms. The maximum absolute atomic E-state index is 11.7. The first-order chi connectivity index (χ1) is 7.60. The van der Waals surface area contributed by atoms with E-state index in [4.69, 9.17) is 4.74 Å². The normalized spacial score (nSPS) is 12.8. The molecule has 1 atom stereocenters. The number of nitrogens with zero attached hydrogens (tertiary/aromatic N) is 1. The van der Waals surface area contributed by atoms with E-state index in [1.165, 1.54) is 0 Å². The fraction of sp³-hybridized carbons (Fsp3) is 0.636. The van der Waals surface area contributed by atoms with E-state index in [0.717, 1.165) is 24.4 Å². The van der Waals surface area contributed by atoms with Gasteiger partial charge in [0.05, 0.1) is 15.9 Å². The van der Waals surface area contributed by atoms with Crippen LogP contribution in [0.2, 0.25) is 0 Å². The summed E-state index contributed by atoms with van der Waals surface area (Å²) in [6, 6.07) is 0. The predicted octanol–water partition coefficient (Wildman–Crippen LogP) is 2.08. The Morgan fingerprint density at radius 2 is 2.25 bits per heavy atom. The zero-order valence-corrected chi connectivity index (χ0v) is 12.0. The number of nitrogens with one attached hydrogen (secondary N) is 1. The van der Waals surface area contributed by atoms with Crippen molar-refractivity contribution >= 4 is 22.6 Å². The highest BCUT2D eigenvalue weighted by Gasteiger charge is 2.12. The minimum absolute atomic E-state index is 0.0444. The van der Waals surface area contributed by atoms with Crippen LogP contribution in [-0.2, 0) is 11.2 Å². The molecule has 0 radical (unpaired) electrons. The summed E-state index contributed by atoms with van der Waals surface area (Å²) in [5, 5.41) is 0. The maximum atomic E-state index is 11.7. The molecule has 5 heteroatoms. The van der Waals surface area contributed by atoms with E-state index in [1.807, 2.05) is 6.92 Å². The molecule has 0 aliphatic rings. The Bertz CT molecular complexity index is 403. The molecule has 16 heavy (non-hydrogen) atoms. The third-order valence-corrected chi connectivity index (χ3v) is 3.43. The van der Waals surface area contributed by atoms with Crippen molar-refractivity contribution in [3.8, 4) is 0 Å². The summed E-state index contributed by atoms with van der Waals surface area (Å²) in [4.78, 5) is 19.0. The highest BCUT2D eigenvalue weighted by Crippen LogP contribution is 2.13. The lowest BCUT2D eigenvalue weighted by molar-refractivity contribution is 0.181. The Hall–Kier alpha value is -0.430. The van der Waals surface area contributed by atoms with Crippen LogP contribution in [0.1, 0.15) is 37.7 Å². The molecule has 1 unspecified atom stereocenters. The fourth-order valence-corrected chi connectivity index (χ4v) is 2.01. The van der Waals surface area contributed by atoms with Gasteiger partial charge in [-0.3, -0.25) is 4.79 Å². The number of rotatable bonds is 5. The van der Waals surface area contributed by atoms with Crippen LogP contribution in [0.4, 0.5) is 0 Å². The maximum Gasteiger partial charge on any atom is 0.264 e. The number of hydrogen-bond donors (Lipinski definition) is 1. The largest absolute Gasteiger partial charge is 0.384 e. The van der Waals surface area contributed by atoms with E-state index in [1.54, 1.807) is 7.11 Å². The van der Waals surface area contributed by atoms with Crippen molar-refractivity contribution in [2.45, 2.75) is 32.6 Å². The number of hydrogen-bond acceptors (Lipinski definition) is 3. The van der Waals surface area contributed by atoms with E-state index >= 15 is 0 Å². The smallest absolute Gasteiger partial charge is 0.264 e. The van der Waals surface area contributed by atoms with E-state index < -0.39 is 0 Å². The average molecular weight is 336 g/mol. The number of aromatic amines is 1. The molecule has 0 aliphatic heterocycles. The Balaban J connectivity index is 3.08. The van der Waals surface area contributed by atoms with Crippen LogP contribution in [0.3, 0.4) is 0 Å². The number of aryl methyl sites for hydroxylation is 1. The highest BCUT2D eigenvalue weighted by molar-refractivity contribution is 14.1. The number of H-pyrrole nitrogens is 1. The van der Waals surface area contributed by atoms with E-state index in [-0.39, 0.29) is 11.5 Å². The van der Waals surface area contributed by atoms with Gasteiger partial charge in [-0.1, -0.05) is 20.3 Å². The SMILES string of the molecule is CCCc1nc(C(C)COC)[nH]c(=O)c1I. The fourth-order valence-electron chi connectivity index (χ4n) is 1.49. The first-order valence-electron chi connectivity index (χ1n) is 5.37. The second kappa shape index (κ2) is 6.34. The number of ether oxygens (including phenoxy) is 1. The Labute approximate surface area is 109 Å². The molecule has 0 spiro atoms. The molecule has 1 rings (SSSR count). The molecule has 0 fully saturated rings. The van der Waals surface area contributed by atoms with Gasteiger partial charge in [0.25, 0.3) is 5.56 Å². The minimum atomic E-state index is -0.0444. The third kappa shape index (κ3) is 3.28. The average Bonchev–Trinajstić information content (AvgIpc) is 2.25. The topological polar surface area (TPSA) is 55.0 Å². The molecule has 1 aromatic rings. The molecule has 1 heterocycles. The van der Waals surface area contributed by atoms with Gasteiger partial charge in [0, 0.05) is 13.0 Å². The van der Waals surface area contributed by atoms with Crippen LogP contribution in [0.15, 0.2) is 4.79 Å². The molecule has 90 valence electrons. The van der Waals surface area contributed by atoms with Crippen molar-refractivity contribution < 1.29 is 4.74 Å². The lowest BCUT2D eigenvalue weighted by Gasteiger charge is -2.11. The van der Waals surface area contributed by atoms with Gasteiger partial charge in [-0.15, -0.1) is 0 Å². The molecule has 0 saturated carbocycles. The number of aromatic nitrogens is 2. The van der Waals surface area contributed by atoms with Gasteiger partial charge in [0.15, 0.2) is 0 Å². The predicted molar refractivity (Wildman–Crippen MR) is 71.9 cm³/mol. The van der Waals surface area contributed by atoms with Crippen LogP contribution >= 0.6 is 22.6 Å². The van der Waals surface area contributed by atoms with Gasteiger partial charge in [-0.25, -0.2) is 4.98 Å². The van der Waals surface area contributed by atoms with Crippen LogP contribution < -0.4 is 5.56 Å². The van der Waals surface area contributed by atoms with E-state index in [0.29, 0.717) is 10.2 Å². The summed E-state index contributed by atoms with van der Waals surface area (Å²) in [5.41, 5.74) is 0.849. The quantitative estimate of drug-likeness (QED) is 0.838. The zero-order chi connectivity index (χ0) is 12.1. The Kier molecular flexibility index (Phi) is 5.40. The summed E-state index contributed by atoms with van der Waals surface area (Å²) in [6.45, 7) is 4.64. The van der Waals surface area contributed by atoms with Gasteiger partial charge < -0.3 is 9.72 Å². The summed E-state index contributed by atoms with van der Waals surface area (Å²) in [5.74, 6) is 0.834. The standard InChI is InChI=1S/C11H17IN2O2/c1-4-5-8-9(12)11(15)14-10(13-8)7(2)6-16-3/h7H,4-6H2,1-3H3,(H,13,14,15). The summed E-state index contributed by atoms with van der Waals surface area (Å²) in [6.07, 6.45) is 1.83. The Morgan fingerprint density at radius 1 is 1.56 bits per heavy atom. The lowest BCUT2D eigenvalue weighted by atomic mass is 10.1. The van der Waals surface area contributed by atoms with Gasteiger partial charge in [-0.2, -0.15) is 0 Å². The number of halogens is 1. The van der Waals surface area contributed by atoms with Crippen molar-refractivity contribution in [2.75, 3.05) is 13.7 Å². The van der Waals surface area contributed by atoms with Crippen molar-refractivity contribution in [3.63, 3.8) is 0 Å². The van der Waals surface area contributed by atoms with Crippen LogP contribution in [0, 0.1) is 3.57 Å². The molecule has 0 saturated heterocycles. The molecule has 0 aromatic carbocycles. The van der Waals surface area contributed by atoms with E-state index in [9.17, 15) is 4.79 Å². The van der Waals surface area contributed by atoms with E-state index in [2.05, 4.69) is 39.5 Å². The van der Waals surface area contributed by atoms with Crippen molar-refractivity contribution in [2.24, 2.45) is 0 Å². The first kappa shape index (κ1) is 13.6. The van der Waals surface area contributed by atoms with Crippen molar-refractivity contribution in [1.29, 1.82) is 0 Å². The lowest BCUT2D eigenvalue weighted by Crippen LogP contribution is -2.20. The molecule has 0 aliphatic carbocycles. The molecule has 1 aromatic heterocycles. The van der Waals surface area contributed by atoms with Gasteiger partial charge in [0.2, 0.25) is 0 Å². The molecular weight excluding hydrogens is 319 g/mol. The number of methoxy groups -OCH3 is 1. The van der Waals surface area contributed by atoms with Crippen molar-refractivity contribution in [3.05, 3.63) is 25.4 Å². The minimum Gasteiger partial charge on any atom is -0.384 e. The third-order valence-electron chi connectivity index (χ3n) is 2.32. The second-order valence-electron chi connectivity index (χ2n) is 3.82. The molecule has 4 nitrogen and oxygen atoms in total. The monoisotopic (exact) mass is 336 g/mol. The highest BCUT2D eigenvalue weighted by atomic mass is 127. The van der Waals surface area contributed by atoms with Gasteiger partial charge in [-0.05, 0) is 29.0 Å². The second-order valence-corrected chi connectivity index (χ2v) is 4.90. The van der Waals surface area contributed by atoms with Crippen LogP contribution in [0.5, 0.6) is 0 Å². The Morgan fingerprint density at radius 3 is 2.81 bits per heavy atom. The molecule has 0 amide bonds. The summed E-state index contributed by atoms with van der Waals surface area (Å²) < 4.78 is 5.77. The van der Waals surface area contributed by atoms with Crippen molar-refractivity contribution in [1.82, 2.24) is 9.97 Å². The molecule has 1 N–H and O–H groups in total. The van der Waals surface area contributed by atoms with Gasteiger partial charge in [0.1, 0.15) is 5.82 Å². The molecular formula is C11H17IN2O2. The van der Waals surface area contributed by atoms with Crippen LogP contribution in [0.25, 0.3) is 0 Å². The summed E-state index contributed by atoms with van der Waals surface area (Å²) >= 11 is 2.05.